The third-order valence-corrected chi connectivity index (χ3v) is 4.53. The van der Waals surface area contributed by atoms with Crippen molar-refractivity contribution in [1.82, 2.24) is 5.43 Å². The number of hydrazone groups is 1. The molecule has 0 amide bonds. The van der Waals surface area contributed by atoms with Crippen molar-refractivity contribution in [2.24, 2.45) is 5.10 Å². The quantitative estimate of drug-likeness (QED) is 0.350. The fraction of sp³-hybridized carbons (Fsp3) is 0.0769. The topological polar surface area (TPSA) is 79.6 Å². The number of nitrogens with zero attached hydrogens (tertiary/aromatic N) is 2. The van der Waals surface area contributed by atoms with Crippen molar-refractivity contribution < 1.29 is 4.92 Å². The molecule has 6 nitrogen and oxygen atoms in total. The molecule has 9 heteroatoms. The van der Waals surface area contributed by atoms with Gasteiger partial charge in [0.2, 0.25) is 0 Å². The molecule has 114 valence electrons. The number of hydrogen-bond acceptors (Lipinski definition) is 5. The molecular weight excluding hydrogens is 388 g/mol. The Bertz CT molecular complexity index is 745. The van der Waals surface area contributed by atoms with E-state index in [4.69, 9.17) is 12.2 Å². The minimum atomic E-state index is -0.470. The average Bonchev–Trinajstić information content (AvgIpc) is 2.92. The highest BCUT2D eigenvalue weighted by Crippen LogP contribution is 2.23. The lowest BCUT2D eigenvalue weighted by atomic mass is 10.3. The van der Waals surface area contributed by atoms with Crippen LogP contribution >= 0.6 is 39.5 Å². The second-order valence-electron chi connectivity index (χ2n) is 4.14. The maximum absolute atomic E-state index is 10.9. The molecule has 22 heavy (non-hydrogen) atoms. The number of thiophene rings is 1. The van der Waals surface area contributed by atoms with Crippen molar-refractivity contribution >= 4 is 61.7 Å². The number of para-hydroxylation sites is 2. The van der Waals surface area contributed by atoms with Gasteiger partial charge >= 0.3 is 0 Å². The highest BCUT2D eigenvalue weighted by molar-refractivity contribution is 9.11. The normalized spacial score (nSPS) is 11.1. The Hall–Kier alpha value is -1.84. The summed E-state index contributed by atoms with van der Waals surface area (Å²) < 4.78 is 1.01. The molecular formula is C13H11BrN4O2S2. The summed E-state index contributed by atoms with van der Waals surface area (Å²) in [6, 6.07) is 10.1. The number of rotatable bonds is 4. The van der Waals surface area contributed by atoms with Crippen molar-refractivity contribution in [3.05, 3.63) is 55.2 Å². The predicted octanol–water partition coefficient (Wildman–Crippen LogP) is 4.13. The second-order valence-corrected chi connectivity index (χ2v) is 7.01. The van der Waals surface area contributed by atoms with Crippen LogP contribution in [0.3, 0.4) is 0 Å². The summed E-state index contributed by atoms with van der Waals surface area (Å²) >= 11 is 10.0. The van der Waals surface area contributed by atoms with Crippen molar-refractivity contribution in [2.45, 2.75) is 6.92 Å². The number of anilines is 1. The van der Waals surface area contributed by atoms with Crippen molar-refractivity contribution in [2.75, 3.05) is 5.32 Å². The summed E-state index contributed by atoms with van der Waals surface area (Å²) in [4.78, 5) is 11.5. The van der Waals surface area contributed by atoms with Gasteiger partial charge in [-0.1, -0.05) is 12.1 Å². The lowest BCUT2D eigenvalue weighted by Crippen LogP contribution is -2.25. The molecule has 0 saturated heterocycles. The number of nitro benzene ring substituents is 1. The molecule has 0 fully saturated rings. The summed E-state index contributed by atoms with van der Waals surface area (Å²) in [6.07, 6.45) is 0. The molecule has 0 aliphatic rings. The van der Waals surface area contributed by atoms with Crippen LogP contribution in [0.25, 0.3) is 0 Å². The van der Waals surface area contributed by atoms with E-state index in [-0.39, 0.29) is 10.8 Å². The minimum absolute atomic E-state index is 0.0467. The fourth-order valence-corrected chi connectivity index (χ4v) is 3.07. The zero-order chi connectivity index (χ0) is 16.1. The van der Waals surface area contributed by atoms with Gasteiger partial charge in [0.1, 0.15) is 5.69 Å². The Balaban J connectivity index is 2.03. The van der Waals surface area contributed by atoms with Crippen LogP contribution in [0.2, 0.25) is 0 Å². The van der Waals surface area contributed by atoms with Gasteiger partial charge in [-0.25, -0.2) is 0 Å². The zero-order valence-electron chi connectivity index (χ0n) is 11.4. The molecule has 0 saturated carbocycles. The van der Waals surface area contributed by atoms with Crippen LogP contribution in [0.4, 0.5) is 11.4 Å². The highest BCUT2D eigenvalue weighted by Gasteiger charge is 2.13. The first-order valence-electron chi connectivity index (χ1n) is 6.08. The zero-order valence-corrected chi connectivity index (χ0v) is 14.6. The molecule has 0 spiro atoms. The van der Waals surface area contributed by atoms with Crippen LogP contribution < -0.4 is 10.7 Å². The summed E-state index contributed by atoms with van der Waals surface area (Å²) in [5, 5.41) is 18.0. The van der Waals surface area contributed by atoms with Crippen molar-refractivity contribution in [3.8, 4) is 0 Å². The molecule has 0 atom stereocenters. The van der Waals surface area contributed by atoms with Gasteiger partial charge in [0, 0.05) is 6.07 Å². The first-order chi connectivity index (χ1) is 10.5. The van der Waals surface area contributed by atoms with E-state index in [1.54, 1.807) is 29.5 Å². The smallest absolute Gasteiger partial charge is 0.292 e. The van der Waals surface area contributed by atoms with Gasteiger partial charge in [-0.3, -0.25) is 15.5 Å². The van der Waals surface area contributed by atoms with Crippen molar-refractivity contribution in [3.63, 3.8) is 0 Å². The molecule has 0 radical (unpaired) electrons. The number of hydrogen-bond donors (Lipinski definition) is 2. The van der Waals surface area contributed by atoms with E-state index in [1.807, 2.05) is 19.1 Å². The molecule has 2 N–H and O–H groups in total. The van der Waals surface area contributed by atoms with Gasteiger partial charge in [0.25, 0.3) is 5.69 Å². The Morgan fingerprint density at radius 1 is 1.36 bits per heavy atom. The highest BCUT2D eigenvalue weighted by atomic mass is 79.9. The molecule has 1 aromatic heterocycles. The minimum Gasteiger partial charge on any atom is -0.326 e. The molecule has 0 aliphatic heterocycles. The maximum atomic E-state index is 10.9. The molecule has 2 rings (SSSR count). The van der Waals surface area contributed by atoms with E-state index in [1.165, 1.54) is 6.07 Å². The van der Waals surface area contributed by atoms with Gasteiger partial charge in [0.05, 0.1) is 19.3 Å². The van der Waals surface area contributed by atoms with E-state index < -0.39 is 4.92 Å². The van der Waals surface area contributed by atoms with E-state index in [0.717, 1.165) is 14.4 Å². The Labute approximate surface area is 144 Å². The summed E-state index contributed by atoms with van der Waals surface area (Å²) in [7, 11) is 0. The Kier molecular flexibility index (Phi) is 5.58. The van der Waals surface area contributed by atoms with Gasteiger partial charge in [-0.05, 0) is 53.3 Å². The van der Waals surface area contributed by atoms with E-state index in [0.29, 0.717) is 5.69 Å². The van der Waals surface area contributed by atoms with Crippen molar-refractivity contribution in [1.29, 1.82) is 0 Å². The van der Waals surface area contributed by atoms with Gasteiger partial charge in [-0.2, -0.15) is 5.10 Å². The van der Waals surface area contributed by atoms with Crippen LogP contribution in [-0.4, -0.2) is 15.7 Å². The number of benzene rings is 1. The monoisotopic (exact) mass is 398 g/mol. The van der Waals surface area contributed by atoms with E-state index in [9.17, 15) is 10.1 Å². The number of halogens is 1. The summed E-state index contributed by atoms with van der Waals surface area (Å²) in [6.45, 7) is 1.85. The van der Waals surface area contributed by atoms with Gasteiger partial charge in [0.15, 0.2) is 5.11 Å². The third kappa shape index (κ3) is 4.33. The molecule has 0 unspecified atom stereocenters. The van der Waals surface area contributed by atoms with Gasteiger partial charge in [-0.15, -0.1) is 11.3 Å². The Morgan fingerprint density at radius 2 is 2.09 bits per heavy atom. The van der Waals surface area contributed by atoms with E-state index in [2.05, 4.69) is 31.8 Å². The Morgan fingerprint density at radius 3 is 2.73 bits per heavy atom. The van der Waals surface area contributed by atoms with E-state index >= 15 is 0 Å². The summed E-state index contributed by atoms with van der Waals surface area (Å²) in [5.74, 6) is 0. The lowest BCUT2D eigenvalue weighted by molar-refractivity contribution is -0.383. The molecule has 1 heterocycles. The lowest BCUT2D eigenvalue weighted by Gasteiger charge is -2.07. The third-order valence-electron chi connectivity index (χ3n) is 2.60. The van der Waals surface area contributed by atoms with Crippen LogP contribution in [0, 0.1) is 10.1 Å². The SMILES string of the molecule is C/C(=N/NC(=S)Nc1ccccc1[N+](=O)[O-])c1ccc(Br)s1. The van der Waals surface area contributed by atoms with Gasteiger partial charge < -0.3 is 5.32 Å². The largest absolute Gasteiger partial charge is 0.326 e. The molecule has 0 bridgehead atoms. The predicted molar refractivity (Wildman–Crippen MR) is 96.7 cm³/mol. The number of thiocarbonyl (C=S) groups is 1. The first kappa shape index (κ1) is 16.5. The molecule has 1 aromatic carbocycles. The number of nitro groups is 1. The standard InChI is InChI=1S/C13H11BrN4O2S2/c1-8(11-6-7-12(14)22-11)16-17-13(21)15-9-4-2-3-5-10(9)18(19)20/h2-7H,1H3,(H2,15,17,21)/b16-8-. The molecule has 0 aliphatic carbocycles. The van der Waals surface area contributed by atoms with Crippen LogP contribution in [-0.2, 0) is 0 Å². The molecule has 2 aromatic rings. The number of nitrogens with one attached hydrogen (secondary N) is 2. The van der Waals surface area contributed by atoms with Crippen LogP contribution in [0.15, 0.2) is 45.3 Å². The van der Waals surface area contributed by atoms with Crippen LogP contribution in [0.1, 0.15) is 11.8 Å². The second kappa shape index (κ2) is 7.43. The van der Waals surface area contributed by atoms with Crippen LogP contribution in [0.5, 0.6) is 0 Å². The summed E-state index contributed by atoms with van der Waals surface area (Å²) in [5.41, 5.74) is 3.72. The fourth-order valence-electron chi connectivity index (χ4n) is 1.59. The average molecular weight is 399 g/mol. The maximum Gasteiger partial charge on any atom is 0.292 e. The first-order valence-corrected chi connectivity index (χ1v) is 8.09.